The van der Waals surface area contributed by atoms with Crippen LogP contribution in [0.4, 0.5) is 5.69 Å². The molecule has 7 amide bonds. The lowest BCUT2D eigenvalue weighted by atomic mass is 9.84. The molecule has 72 heavy (non-hydrogen) atoms. The fraction of sp³-hybridized carbons (Fsp3) is 0.491. The largest absolute Gasteiger partial charge is 0.493 e. The second-order valence-corrected chi connectivity index (χ2v) is 18.8. The monoisotopic (exact) mass is 994 g/mol. The molecule has 3 aromatic rings. The Morgan fingerprint density at radius 2 is 1.54 bits per heavy atom. The molecule has 0 radical (unpaired) electrons. The normalized spacial score (nSPS) is 17.0. The highest BCUT2D eigenvalue weighted by molar-refractivity contribution is 6.38. The van der Waals surface area contributed by atoms with Crippen LogP contribution in [-0.2, 0) is 56.1 Å². The van der Waals surface area contributed by atoms with E-state index in [2.05, 4.69) is 21.3 Å². The molecule has 386 valence electrons. The molecule has 3 aliphatic rings. The summed E-state index contributed by atoms with van der Waals surface area (Å²) in [6.07, 6.45) is 3.45. The first-order valence-electron chi connectivity index (χ1n) is 24.6. The van der Waals surface area contributed by atoms with Gasteiger partial charge in [-0.1, -0.05) is 45.0 Å². The fourth-order valence-electron chi connectivity index (χ4n) is 8.79. The lowest BCUT2D eigenvalue weighted by Crippen LogP contribution is -2.53. The molecule has 0 saturated carbocycles. The summed E-state index contributed by atoms with van der Waals surface area (Å²) in [5.41, 5.74) is 1.98. The highest BCUT2D eigenvalue weighted by Gasteiger charge is 2.42. The van der Waals surface area contributed by atoms with Gasteiger partial charge in [-0.3, -0.25) is 43.7 Å². The molecule has 19 nitrogen and oxygen atoms in total. The van der Waals surface area contributed by atoms with Gasteiger partial charge in [-0.25, -0.2) is 4.79 Å². The molecule has 3 aromatic carbocycles. The minimum atomic E-state index is -0.936. The summed E-state index contributed by atoms with van der Waals surface area (Å²) in [6, 6.07) is 15.7. The number of benzene rings is 3. The van der Waals surface area contributed by atoms with Crippen molar-refractivity contribution in [3.63, 3.8) is 0 Å². The summed E-state index contributed by atoms with van der Waals surface area (Å²) in [5, 5.41) is 10.7. The number of esters is 1. The van der Waals surface area contributed by atoms with Crippen LogP contribution in [-0.4, -0.2) is 115 Å². The van der Waals surface area contributed by atoms with Crippen molar-refractivity contribution >= 4 is 58.8 Å². The lowest BCUT2D eigenvalue weighted by Gasteiger charge is -2.36. The van der Waals surface area contributed by atoms with Gasteiger partial charge < -0.3 is 44.7 Å². The van der Waals surface area contributed by atoms with Crippen LogP contribution in [0.15, 0.2) is 60.7 Å². The van der Waals surface area contributed by atoms with Gasteiger partial charge in [-0.15, -0.1) is 0 Å². The first-order valence-corrected chi connectivity index (χ1v) is 24.6. The van der Waals surface area contributed by atoms with Gasteiger partial charge in [-0.2, -0.15) is 0 Å². The molecule has 3 aliphatic heterocycles. The number of Topliss-reactive ketones (excluding diaryl/α,β-unsaturated/α-hetero) is 1. The number of piperidine rings is 2. The van der Waals surface area contributed by atoms with Crippen LogP contribution in [0.25, 0.3) is 0 Å². The van der Waals surface area contributed by atoms with E-state index in [4.69, 9.17) is 18.9 Å². The van der Waals surface area contributed by atoms with Gasteiger partial charge in [-0.05, 0) is 105 Å². The van der Waals surface area contributed by atoms with Crippen molar-refractivity contribution in [1.29, 1.82) is 0 Å². The number of methoxy groups -OCH3 is 2. The standard InChI is InChI=1S/C53H66N6O13/c1-6-53(2,3)48(64)51(67)58-28-10-7-16-39(58)52(68)72-40(21-18-33-19-22-42(69-4)43(29-33)70-5)34-13-11-14-35(30-34)56-45(61)25-24-44(60)54-26-8-9-27-55-47(63)32-71-41-17-12-15-36-37(41)31-59(50(36)66)38-20-23-46(62)57-49(38)65/h11-15,17,19,22,29-30,38-40H,6-10,16,18,20-21,23-28,31-32H2,1-5H3,(H,54,60)(H,55,63)(H,56,61)(H,57,62,65)/t38?,39?,40-/m1/s1. The van der Waals surface area contributed by atoms with E-state index in [0.717, 1.165) is 5.56 Å². The van der Waals surface area contributed by atoms with Crippen LogP contribution in [0.3, 0.4) is 0 Å². The maximum Gasteiger partial charge on any atom is 0.329 e. The number of ketones is 1. The number of hydrogen-bond acceptors (Lipinski definition) is 13. The van der Waals surface area contributed by atoms with Gasteiger partial charge in [0.1, 0.15) is 23.9 Å². The van der Waals surface area contributed by atoms with E-state index in [0.29, 0.717) is 104 Å². The zero-order valence-electron chi connectivity index (χ0n) is 41.7. The van der Waals surface area contributed by atoms with Gasteiger partial charge in [0.2, 0.25) is 29.4 Å². The van der Waals surface area contributed by atoms with Gasteiger partial charge in [0.05, 0.1) is 20.8 Å². The number of nitrogens with one attached hydrogen (secondary N) is 4. The number of hydrogen-bond donors (Lipinski definition) is 4. The van der Waals surface area contributed by atoms with Crippen LogP contribution in [0, 0.1) is 5.41 Å². The molecule has 2 unspecified atom stereocenters. The number of imide groups is 1. The zero-order chi connectivity index (χ0) is 52.0. The molecule has 4 N–H and O–H groups in total. The third kappa shape index (κ3) is 14.0. The van der Waals surface area contributed by atoms with E-state index in [-0.39, 0.29) is 69.0 Å². The van der Waals surface area contributed by atoms with Gasteiger partial charge in [0, 0.05) is 61.1 Å². The number of rotatable bonds is 24. The number of carbonyl (C=O) groups is 9. The Hall–Kier alpha value is -7.31. The first-order chi connectivity index (χ1) is 34.5. The highest BCUT2D eigenvalue weighted by atomic mass is 16.5. The van der Waals surface area contributed by atoms with Crippen LogP contribution in [0.5, 0.6) is 17.2 Å². The van der Waals surface area contributed by atoms with E-state index >= 15 is 0 Å². The molecule has 0 aliphatic carbocycles. The van der Waals surface area contributed by atoms with E-state index in [1.807, 2.05) is 19.1 Å². The summed E-state index contributed by atoms with van der Waals surface area (Å²) in [4.78, 5) is 119. The number of carbonyl (C=O) groups excluding carboxylic acids is 9. The summed E-state index contributed by atoms with van der Waals surface area (Å²) in [7, 11) is 3.09. The molecule has 0 aromatic heterocycles. The van der Waals surface area contributed by atoms with Crippen molar-refractivity contribution in [3.8, 4) is 17.2 Å². The molecule has 2 saturated heterocycles. The number of unbranched alkanes of at least 4 members (excludes halogenated alkanes) is 1. The first kappa shape index (κ1) is 54.0. The Labute approximate surface area is 419 Å². The third-order valence-corrected chi connectivity index (χ3v) is 13.4. The molecule has 6 rings (SSSR count). The molecule has 0 spiro atoms. The van der Waals surface area contributed by atoms with Crippen LogP contribution >= 0.6 is 0 Å². The smallest absolute Gasteiger partial charge is 0.329 e. The molecule has 2 fully saturated rings. The Kier molecular flexibility index (Phi) is 18.9. The highest BCUT2D eigenvalue weighted by Crippen LogP contribution is 2.35. The van der Waals surface area contributed by atoms with E-state index < -0.39 is 53.1 Å². The number of likely N-dealkylation sites (tertiary alicyclic amines) is 1. The van der Waals surface area contributed by atoms with Crippen molar-refractivity contribution < 1.29 is 62.1 Å². The minimum absolute atomic E-state index is 0.0697. The van der Waals surface area contributed by atoms with E-state index in [1.165, 1.54) is 9.80 Å². The fourth-order valence-corrected chi connectivity index (χ4v) is 8.79. The molecular weight excluding hydrogens is 929 g/mol. The number of ether oxygens (including phenoxy) is 4. The van der Waals surface area contributed by atoms with E-state index in [9.17, 15) is 43.2 Å². The van der Waals surface area contributed by atoms with Gasteiger partial charge in [0.25, 0.3) is 17.7 Å². The summed E-state index contributed by atoms with van der Waals surface area (Å²) in [5.74, 6) is -2.72. The molecular formula is C53H66N6O13. The maximum atomic E-state index is 14.0. The van der Waals surface area contributed by atoms with E-state index in [1.54, 1.807) is 76.6 Å². The third-order valence-electron chi connectivity index (χ3n) is 13.4. The molecule has 3 heterocycles. The van der Waals surface area contributed by atoms with Crippen molar-refractivity contribution in [1.82, 2.24) is 25.8 Å². The summed E-state index contributed by atoms with van der Waals surface area (Å²) < 4.78 is 22.9. The Balaban J connectivity index is 0.952. The van der Waals surface area contributed by atoms with Crippen molar-refractivity contribution in [3.05, 3.63) is 82.9 Å². The Morgan fingerprint density at radius 1 is 0.819 bits per heavy atom. The second kappa shape index (κ2) is 25.2. The summed E-state index contributed by atoms with van der Waals surface area (Å²) in [6.45, 7) is 6.01. The van der Waals surface area contributed by atoms with Crippen LogP contribution < -0.4 is 35.5 Å². The van der Waals surface area contributed by atoms with Crippen molar-refractivity contribution in [2.45, 2.75) is 123 Å². The Morgan fingerprint density at radius 3 is 2.26 bits per heavy atom. The van der Waals surface area contributed by atoms with Gasteiger partial charge >= 0.3 is 5.97 Å². The average molecular weight is 995 g/mol. The molecule has 3 atom stereocenters. The molecule has 19 heteroatoms. The number of amides is 7. The number of nitrogens with zero attached hydrogens (tertiary/aromatic N) is 2. The maximum absolute atomic E-state index is 14.0. The number of aryl methyl sites for hydroxylation is 1. The topological polar surface area (TPSA) is 245 Å². The van der Waals surface area contributed by atoms with Crippen LogP contribution in [0.1, 0.15) is 125 Å². The minimum Gasteiger partial charge on any atom is -0.493 e. The average Bonchev–Trinajstić information content (AvgIpc) is 3.72. The summed E-state index contributed by atoms with van der Waals surface area (Å²) >= 11 is 0. The van der Waals surface area contributed by atoms with Crippen molar-refractivity contribution in [2.75, 3.05) is 45.8 Å². The predicted octanol–water partition coefficient (Wildman–Crippen LogP) is 4.88. The van der Waals surface area contributed by atoms with Crippen LogP contribution in [0.2, 0.25) is 0 Å². The predicted molar refractivity (Wildman–Crippen MR) is 263 cm³/mol. The molecule has 0 bridgehead atoms. The number of anilines is 1. The zero-order valence-corrected chi connectivity index (χ0v) is 41.7. The van der Waals surface area contributed by atoms with Crippen molar-refractivity contribution in [2.24, 2.45) is 5.41 Å². The quantitative estimate of drug-likeness (QED) is 0.0405. The lowest BCUT2D eigenvalue weighted by molar-refractivity contribution is -0.164. The Bertz CT molecular complexity index is 2530. The number of fused-ring (bicyclic) bond motifs is 1. The SMILES string of the molecule is CCC(C)(C)C(=O)C(=O)N1CCCCC1C(=O)O[C@H](CCc1ccc(OC)c(OC)c1)c1cccc(NC(=O)CCC(=O)NCCCCNC(=O)COc2cccc3c2CN(C2CCC(=O)NC2=O)C3=O)c1. The van der Waals surface area contributed by atoms with Gasteiger partial charge in [0.15, 0.2) is 18.1 Å². The second-order valence-electron chi connectivity index (χ2n) is 18.8.